The average molecular weight is 291 g/mol. The van der Waals surface area contributed by atoms with Crippen LogP contribution in [-0.2, 0) is 16.0 Å². The van der Waals surface area contributed by atoms with Crippen LogP contribution in [0.5, 0.6) is 0 Å². The fourth-order valence-electron chi connectivity index (χ4n) is 3.03. The predicted molar refractivity (Wildman–Crippen MR) is 78.3 cm³/mol. The van der Waals surface area contributed by atoms with Crippen LogP contribution < -0.4 is 0 Å². The van der Waals surface area contributed by atoms with Crippen molar-refractivity contribution in [2.45, 2.75) is 31.7 Å². The third-order valence-corrected chi connectivity index (χ3v) is 4.14. The van der Waals surface area contributed by atoms with E-state index in [0.717, 1.165) is 12.0 Å². The van der Waals surface area contributed by atoms with Crippen molar-refractivity contribution in [3.05, 3.63) is 35.4 Å². The molecule has 0 aromatic heterocycles. The van der Waals surface area contributed by atoms with Gasteiger partial charge in [-0.25, -0.2) is 4.79 Å². The second-order valence-electron chi connectivity index (χ2n) is 5.34. The number of rotatable bonds is 5. The maximum atomic E-state index is 12.8. The zero-order chi connectivity index (χ0) is 15.5. The van der Waals surface area contributed by atoms with Gasteiger partial charge < -0.3 is 14.7 Å². The Morgan fingerprint density at radius 3 is 2.71 bits per heavy atom. The Bertz CT molecular complexity index is 543. The highest BCUT2D eigenvalue weighted by atomic mass is 16.5. The number of hydrogen-bond acceptors (Lipinski definition) is 3. The van der Waals surface area contributed by atoms with Gasteiger partial charge in [-0.15, -0.1) is 0 Å². The number of carbonyl (C=O) groups excluding carboxylic acids is 1. The lowest BCUT2D eigenvalue weighted by Gasteiger charge is -2.34. The smallest absolute Gasteiger partial charge is 0.332 e. The van der Waals surface area contributed by atoms with Gasteiger partial charge in [0.1, 0.15) is 0 Å². The molecule has 0 saturated carbocycles. The van der Waals surface area contributed by atoms with Gasteiger partial charge in [0.05, 0.1) is 6.61 Å². The summed E-state index contributed by atoms with van der Waals surface area (Å²) in [5, 5.41) is 9.61. The second kappa shape index (κ2) is 6.26. The molecule has 21 heavy (non-hydrogen) atoms. The summed E-state index contributed by atoms with van der Waals surface area (Å²) >= 11 is 0. The number of nitrogens with zero attached hydrogens (tertiary/aromatic N) is 1. The van der Waals surface area contributed by atoms with Crippen molar-refractivity contribution >= 4 is 11.9 Å². The molecule has 5 heteroatoms. The first-order valence-corrected chi connectivity index (χ1v) is 7.19. The monoisotopic (exact) mass is 291 g/mol. The summed E-state index contributed by atoms with van der Waals surface area (Å²) in [6, 6.07) is 7.36. The molecule has 1 fully saturated rings. The predicted octanol–water partition coefficient (Wildman–Crippen LogP) is 1.95. The molecule has 1 N–H and O–H groups in total. The Morgan fingerprint density at radius 1 is 1.38 bits per heavy atom. The number of ether oxygens (including phenoxy) is 1. The van der Waals surface area contributed by atoms with Crippen molar-refractivity contribution < 1.29 is 19.4 Å². The molecule has 0 radical (unpaired) electrons. The number of amides is 1. The number of benzene rings is 1. The van der Waals surface area contributed by atoms with Gasteiger partial charge in [0, 0.05) is 19.2 Å². The first-order chi connectivity index (χ1) is 10.1. The van der Waals surface area contributed by atoms with E-state index in [4.69, 9.17) is 4.74 Å². The highest BCUT2D eigenvalue weighted by Crippen LogP contribution is 2.32. The first-order valence-electron chi connectivity index (χ1n) is 7.19. The van der Waals surface area contributed by atoms with Crippen LogP contribution >= 0.6 is 0 Å². The van der Waals surface area contributed by atoms with Crippen LogP contribution in [0.4, 0.5) is 0 Å². The number of carboxylic acid groups (broad SMARTS) is 1. The second-order valence-corrected chi connectivity index (χ2v) is 5.34. The van der Waals surface area contributed by atoms with E-state index in [1.807, 2.05) is 19.1 Å². The summed E-state index contributed by atoms with van der Waals surface area (Å²) in [4.78, 5) is 26.0. The number of aryl methyl sites for hydroxylation is 1. The fourth-order valence-corrected chi connectivity index (χ4v) is 3.03. The molecule has 2 rings (SSSR count). The minimum atomic E-state index is -1.24. The minimum Gasteiger partial charge on any atom is -0.479 e. The molecule has 1 heterocycles. The molecule has 0 spiro atoms. The van der Waals surface area contributed by atoms with Crippen LogP contribution in [0.25, 0.3) is 0 Å². The Kier molecular flexibility index (Phi) is 4.63. The maximum Gasteiger partial charge on any atom is 0.332 e. The number of carbonyl (C=O) groups is 2. The first kappa shape index (κ1) is 15.5. The SMILES string of the molecule is CCc1ccccc1C(=O)N1CCCC1(COC)C(=O)O. The summed E-state index contributed by atoms with van der Waals surface area (Å²) in [7, 11) is 1.46. The van der Waals surface area contributed by atoms with E-state index in [2.05, 4.69) is 0 Å². The van der Waals surface area contributed by atoms with Gasteiger partial charge >= 0.3 is 5.97 Å². The van der Waals surface area contributed by atoms with Crippen LogP contribution in [0.2, 0.25) is 0 Å². The summed E-state index contributed by atoms with van der Waals surface area (Å²) in [5.41, 5.74) is 0.280. The van der Waals surface area contributed by atoms with Gasteiger partial charge in [0.25, 0.3) is 5.91 Å². The van der Waals surface area contributed by atoms with Gasteiger partial charge in [-0.2, -0.15) is 0 Å². The van der Waals surface area contributed by atoms with Crippen LogP contribution in [0, 0.1) is 0 Å². The molecule has 0 aliphatic carbocycles. The van der Waals surface area contributed by atoms with Crippen molar-refractivity contribution in [1.29, 1.82) is 0 Å². The molecule has 1 saturated heterocycles. The van der Waals surface area contributed by atoms with E-state index in [0.29, 0.717) is 24.9 Å². The van der Waals surface area contributed by atoms with Gasteiger partial charge in [-0.05, 0) is 30.9 Å². The minimum absolute atomic E-state index is 0.0162. The van der Waals surface area contributed by atoms with E-state index in [9.17, 15) is 14.7 Å². The maximum absolute atomic E-state index is 12.8. The Hall–Kier alpha value is -1.88. The normalized spacial score (nSPS) is 21.5. The molecule has 1 unspecified atom stereocenters. The lowest BCUT2D eigenvalue weighted by molar-refractivity contribution is -0.151. The molecule has 1 atom stereocenters. The van der Waals surface area contributed by atoms with Crippen LogP contribution in [0.3, 0.4) is 0 Å². The number of hydrogen-bond donors (Lipinski definition) is 1. The standard InChI is InChI=1S/C16H21NO4/c1-3-12-7-4-5-8-13(12)14(18)17-10-6-9-16(17,11-21-2)15(19)20/h4-5,7-8H,3,6,9-11H2,1-2H3,(H,19,20). The van der Waals surface area contributed by atoms with Gasteiger partial charge in [0.2, 0.25) is 0 Å². The molecular formula is C16H21NO4. The van der Waals surface area contributed by atoms with Crippen LogP contribution in [0.15, 0.2) is 24.3 Å². The molecule has 5 nitrogen and oxygen atoms in total. The summed E-state index contributed by atoms with van der Waals surface area (Å²) in [5.74, 6) is -1.21. The number of likely N-dealkylation sites (tertiary alicyclic amines) is 1. The fraction of sp³-hybridized carbons (Fsp3) is 0.500. The van der Waals surface area contributed by atoms with Crippen molar-refractivity contribution in [3.8, 4) is 0 Å². The molecule has 0 bridgehead atoms. The van der Waals surface area contributed by atoms with E-state index >= 15 is 0 Å². The number of carboxylic acids is 1. The van der Waals surface area contributed by atoms with E-state index in [1.165, 1.54) is 12.0 Å². The van der Waals surface area contributed by atoms with Crippen molar-refractivity contribution in [1.82, 2.24) is 4.90 Å². The number of methoxy groups -OCH3 is 1. The largest absolute Gasteiger partial charge is 0.479 e. The molecule has 1 aliphatic rings. The molecular weight excluding hydrogens is 270 g/mol. The van der Waals surface area contributed by atoms with Crippen molar-refractivity contribution in [2.24, 2.45) is 0 Å². The molecule has 114 valence electrons. The molecule has 1 aliphatic heterocycles. The van der Waals surface area contributed by atoms with E-state index in [1.54, 1.807) is 12.1 Å². The zero-order valence-electron chi connectivity index (χ0n) is 12.5. The van der Waals surface area contributed by atoms with Gasteiger partial charge in [0.15, 0.2) is 5.54 Å². The Balaban J connectivity index is 2.39. The van der Waals surface area contributed by atoms with E-state index < -0.39 is 11.5 Å². The summed E-state index contributed by atoms with van der Waals surface area (Å²) in [6.07, 6.45) is 1.84. The highest BCUT2D eigenvalue weighted by Gasteiger charge is 2.50. The Morgan fingerprint density at radius 2 is 2.10 bits per heavy atom. The highest BCUT2D eigenvalue weighted by molar-refractivity contribution is 5.99. The van der Waals surface area contributed by atoms with Gasteiger partial charge in [-0.1, -0.05) is 25.1 Å². The average Bonchev–Trinajstić information content (AvgIpc) is 2.92. The lowest BCUT2D eigenvalue weighted by Crippen LogP contribution is -2.56. The molecule has 1 amide bonds. The van der Waals surface area contributed by atoms with Crippen molar-refractivity contribution in [3.63, 3.8) is 0 Å². The quantitative estimate of drug-likeness (QED) is 0.900. The van der Waals surface area contributed by atoms with Crippen LogP contribution in [0.1, 0.15) is 35.7 Å². The molecule has 1 aromatic rings. The zero-order valence-corrected chi connectivity index (χ0v) is 12.5. The summed E-state index contributed by atoms with van der Waals surface area (Å²) in [6.45, 7) is 2.45. The van der Waals surface area contributed by atoms with Crippen molar-refractivity contribution in [2.75, 3.05) is 20.3 Å². The molecule has 1 aromatic carbocycles. The lowest BCUT2D eigenvalue weighted by atomic mass is 9.95. The Labute approximate surface area is 124 Å². The van der Waals surface area contributed by atoms with Gasteiger partial charge in [-0.3, -0.25) is 4.79 Å². The number of aliphatic carboxylic acids is 1. The van der Waals surface area contributed by atoms with E-state index in [-0.39, 0.29) is 12.5 Å². The topological polar surface area (TPSA) is 66.8 Å². The summed E-state index contributed by atoms with van der Waals surface area (Å²) < 4.78 is 5.09. The third kappa shape index (κ3) is 2.65. The van der Waals surface area contributed by atoms with Crippen LogP contribution in [-0.4, -0.2) is 47.7 Å². The third-order valence-electron chi connectivity index (χ3n) is 4.14.